The summed E-state index contributed by atoms with van der Waals surface area (Å²) in [7, 11) is 0. The minimum atomic E-state index is -1.74. The second-order valence-corrected chi connectivity index (χ2v) is 4.48. The van der Waals surface area contributed by atoms with Crippen molar-refractivity contribution in [2.45, 2.75) is 12.3 Å². The highest BCUT2D eigenvalue weighted by Gasteiger charge is 2.32. The van der Waals surface area contributed by atoms with Crippen LogP contribution in [0.3, 0.4) is 0 Å². The van der Waals surface area contributed by atoms with Crippen LogP contribution in [0.4, 0.5) is 0 Å². The molecule has 0 heterocycles. The van der Waals surface area contributed by atoms with Gasteiger partial charge in [-0.3, -0.25) is 0 Å². The molecule has 0 saturated heterocycles. The first kappa shape index (κ1) is 16.2. The molecule has 2 aromatic carbocycles. The highest BCUT2D eigenvalue weighted by molar-refractivity contribution is 5.39. The Labute approximate surface area is 133 Å². The number of hydrogen-bond acceptors (Lipinski definition) is 6. The molecule has 0 fully saturated rings. The SMILES string of the molecule is O=C=NC(CCOc1ccccc1)(N=C=O)Oc1ccccc1. The van der Waals surface area contributed by atoms with Crippen LogP contribution >= 0.6 is 0 Å². The van der Waals surface area contributed by atoms with Crippen LogP contribution in [0.15, 0.2) is 70.6 Å². The van der Waals surface area contributed by atoms with E-state index in [1.54, 1.807) is 42.5 Å². The zero-order valence-corrected chi connectivity index (χ0v) is 12.2. The van der Waals surface area contributed by atoms with Crippen LogP contribution < -0.4 is 9.47 Å². The van der Waals surface area contributed by atoms with Gasteiger partial charge in [0.2, 0.25) is 12.2 Å². The van der Waals surface area contributed by atoms with E-state index in [0.29, 0.717) is 11.5 Å². The Kier molecular flexibility index (Phi) is 5.83. The van der Waals surface area contributed by atoms with Gasteiger partial charge in [-0.25, -0.2) is 9.59 Å². The second kappa shape index (κ2) is 8.29. The summed E-state index contributed by atoms with van der Waals surface area (Å²) in [5.74, 6) is -0.684. The van der Waals surface area contributed by atoms with Crippen molar-refractivity contribution in [2.24, 2.45) is 9.98 Å². The van der Waals surface area contributed by atoms with Gasteiger partial charge in [0.05, 0.1) is 13.0 Å². The fraction of sp³-hybridized carbons (Fsp3) is 0.176. The summed E-state index contributed by atoms with van der Waals surface area (Å²) in [6.45, 7) is 0.132. The van der Waals surface area contributed by atoms with Crippen molar-refractivity contribution >= 4 is 12.2 Å². The van der Waals surface area contributed by atoms with Crippen LogP contribution in [-0.2, 0) is 9.59 Å². The van der Waals surface area contributed by atoms with Gasteiger partial charge < -0.3 is 9.47 Å². The topological polar surface area (TPSA) is 77.3 Å². The largest absolute Gasteiger partial charge is 0.493 e. The molecular formula is C17H14N2O4. The van der Waals surface area contributed by atoms with Crippen molar-refractivity contribution in [3.8, 4) is 11.5 Å². The van der Waals surface area contributed by atoms with E-state index >= 15 is 0 Å². The molecule has 0 aromatic heterocycles. The van der Waals surface area contributed by atoms with Crippen LogP contribution in [0, 0.1) is 0 Å². The van der Waals surface area contributed by atoms with Crippen molar-refractivity contribution in [1.29, 1.82) is 0 Å². The molecule has 2 aromatic rings. The Morgan fingerprint density at radius 3 is 1.87 bits per heavy atom. The first-order valence-electron chi connectivity index (χ1n) is 6.88. The lowest BCUT2D eigenvalue weighted by molar-refractivity contribution is 0.0621. The molecule has 6 nitrogen and oxygen atoms in total. The fourth-order valence-electron chi connectivity index (χ4n) is 1.87. The summed E-state index contributed by atoms with van der Waals surface area (Å²) in [6, 6.07) is 17.7. The average molecular weight is 310 g/mol. The van der Waals surface area contributed by atoms with Crippen LogP contribution in [0.1, 0.15) is 6.42 Å². The molecule has 0 N–H and O–H groups in total. The minimum absolute atomic E-state index is 0.0429. The smallest absolute Gasteiger partial charge is 0.322 e. The van der Waals surface area contributed by atoms with E-state index < -0.39 is 5.85 Å². The van der Waals surface area contributed by atoms with Crippen LogP contribution in [0.5, 0.6) is 11.5 Å². The predicted molar refractivity (Wildman–Crippen MR) is 82.6 cm³/mol. The van der Waals surface area contributed by atoms with E-state index in [2.05, 4.69) is 9.98 Å². The number of aliphatic imine (C=N–C) groups is 2. The fourth-order valence-corrected chi connectivity index (χ4v) is 1.87. The molecule has 0 saturated carbocycles. The van der Waals surface area contributed by atoms with Gasteiger partial charge in [0.1, 0.15) is 11.5 Å². The molecular weight excluding hydrogens is 296 g/mol. The lowest BCUT2D eigenvalue weighted by Gasteiger charge is -2.23. The van der Waals surface area contributed by atoms with Gasteiger partial charge in [-0.15, -0.1) is 9.98 Å². The number of para-hydroxylation sites is 2. The normalized spacial score (nSPS) is 12.2. The van der Waals surface area contributed by atoms with Gasteiger partial charge in [0.25, 0.3) is 0 Å². The van der Waals surface area contributed by atoms with Gasteiger partial charge in [0, 0.05) is 0 Å². The lowest BCUT2D eigenvalue weighted by Crippen LogP contribution is -2.33. The molecule has 0 unspecified atom stereocenters. The van der Waals surface area contributed by atoms with Crippen LogP contribution in [-0.4, -0.2) is 24.6 Å². The van der Waals surface area contributed by atoms with Crippen LogP contribution in [0.25, 0.3) is 0 Å². The Hall–Kier alpha value is -3.20. The Morgan fingerprint density at radius 1 is 0.826 bits per heavy atom. The molecule has 0 radical (unpaired) electrons. The Bertz CT molecular complexity index is 688. The van der Waals surface area contributed by atoms with Crippen molar-refractivity contribution in [3.05, 3.63) is 60.7 Å². The van der Waals surface area contributed by atoms with E-state index in [0.717, 1.165) is 0 Å². The molecule has 116 valence electrons. The third-order valence-corrected chi connectivity index (χ3v) is 2.90. The number of isocyanates is 2. The maximum atomic E-state index is 10.7. The molecule has 0 aliphatic rings. The summed E-state index contributed by atoms with van der Waals surface area (Å²) in [5, 5.41) is 0. The summed E-state index contributed by atoms with van der Waals surface area (Å²) >= 11 is 0. The Balaban J connectivity index is 2.12. The molecule has 0 aliphatic carbocycles. The van der Waals surface area contributed by atoms with Crippen molar-refractivity contribution in [3.63, 3.8) is 0 Å². The number of rotatable bonds is 8. The van der Waals surface area contributed by atoms with Crippen molar-refractivity contribution < 1.29 is 19.1 Å². The first-order valence-corrected chi connectivity index (χ1v) is 6.88. The third kappa shape index (κ3) is 4.93. The molecule has 0 amide bonds. The molecule has 2 rings (SSSR count). The van der Waals surface area contributed by atoms with Gasteiger partial charge >= 0.3 is 5.85 Å². The van der Waals surface area contributed by atoms with E-state index in [1.165, 1.54) is 12.2 Å². The monoisotopic (exact) mass is 310 g/mol. The summed E-state index contributed by atoms with van der Waals surface area (Å²) < 4.78 is 11.1. The van der Waals surface area contributed by atoms with Crippen molar-refractivity contribution in [2.75, 3.05) is 6.61 Å². The number of hydrogen-bond donors (Lipinski definition) is 0. The number of ether oxygens (including phenoxy) is 2. The van der Waals surface area contributed by atoms with Crippen molar-refractivity contribution in [1.82, 2.24) is 0 Å². The van der Waals surface area contributed by atoms with E-state index in [4.69, 9.17) is 9.47 Å². The second-order valence-electron chi connectivity index (χ2n) is 4.48. The van der Waals surface area contributed by atoms with Gasteiger partial charge in [-0.2, -0.15) is 0 Å². The van der Waals surface area contributed by atoms with E-state index in [9.17, 15) is 9.59 Å². The molecule has 0 aliphatic heterocycles. The first-order chi connectivity index (χ1) is 11.3. The predicted octanol–water partition coefficient (Wildman–Crippen LogP) is 2.86. The summed E-state index contributed by atoms with van der Waals surface area (Å²) in [6.07, 6.45) is 2.81. The number of nitrogens with zero attached hydrogens (tertiary/aromatic N) is 2. The highest BCUT2D eigenvalue weighted by Crippen LogP contribution is 2.24. The molecule has 0 atom stereocenters. The summed E-state index contributed by atoms with van der Waals surface area (Å²) in [4.78, 5) is 28.5. The molecule has 6 heteroatoms. The number of carbonyl (C=O) groups excluding carboxylic acids is 2. The summed E-state index contributed by atoms with van der Waals surface area (Å²) in [5.41, 5.74) is 0. The highest BCUT2D eigenvalue weighted by atomic mass is 16.5. The maximum Gasteiger partial charge on any atom is 0.322 e. The van der Waals surface area contributed by atoms with E-state index in [-0.39, 0.29) is 13.0 Å². The zero-order chi connectivity index (χ0) is 16.4. The number of benzene rings is 2. The quantitative estimate of drug-likeness (QED) is 0.555. The minimum Gasteiger partial charge on any atom is -0.493 e. The molecule has 23 heavy (non-hydrogen) atoms. The van der Waals surface area contributed by atoms with E-state index in [1.807, 2.05) is 18.2 Å². The zero-order valence-electron chi connectivity index (χ0n) is 12.2. The maximum absolute atomic E-state index is 10.7. The van der Waals surface area contributed by atoms with Gasteiger partial charge in [-0.1, -0.05) is 36.4 Å². The Morgan fingerprint density at radius 2 is 1.35 bits per heavy atom. The van der Waals surface area contributed by atoms with Crippen LogP contribution in [0.2, 0.25) is 0 Å². The third-order valence-electron chi connectivity index (χ3n) is 2.90. The van der Waals surface area contributed by atoms with Gasteiger partial charge in [0.15, 0.2) is 0 Å². The molecule has 0 bridgehead atoms. The van der Waals surface area contributed by atoms with Gasteiger partial charge in [-0.05, 0) is 24.3 Å². The lowest BCUT2D eigenvalue weighted by atomic mass is 10.3. The average Bonchev–Trinajstić information content (AvgIpc) is 2.57. The molecule has 0 spiro atoms. The standard InChI is InChI=1S/C17H14N2O4/c20-13-18-17(19-14-21,23-16-9-5-2-6-10-16)11-12-22-15-7-3-1-4-8-15/h1-10H,11-12H2.